The Morgan fingerprint density at radius 2 is 1.79 bits per heavy atom. The second kappa shape index (κ2) is 13.7. The number of non-ortho nitro benzene ring substituents is 1. The Morgan fingerprint density at radius 1 is 1.07 bits per heavy atom. The Hall–Kier alpha value is -3.82. The van der Waals surface area contributed by atoms with Crippen LogP contribution >= 0.6 is 12.2 Å². The van der Waals surface area contributed by atoms with E-state index < -0.39 is 0 Å². The van der Waals surface area contributed by atoms with Crippen molar-refractivity contribution in [3.63, 3.8) is 0 Å². The Labute approximate surface area is 257 Å². The summed E-state index contributed by atoms with van der Waals surface area (Å²) >= 11 is 5.65. The number of aryl methyl sites for hydroxylation is 2. The zero-order valence-electron chi connectivity index (χ0n) is 25.3. The number of hydrogen-bond acceptors (Lipinski definition) is 7. The lowest BCUT2D eigenvalue weighted by molar-refractivity contribution is -0.384. The highest BCUT2D eigenvalue weighted by Gasteiger charge is 2.20. The van der Waals surface area contributed by atoms with E-state index in [4.69, 9.17) is 26.5 Å². The fraction of sp³-hybridized carbons (Fsp3) is 0.412. The molecule has 0 radical (unpaired) electrons. The van der Waals surface area contributed by atoms with Crippen molar-refractivity contribution in [2.24, 2.45) is 11.1 Å². The zero-order chi connectivity index (χ0) is 30.5. The molecule has 1 heterocycles. The molecule has 8 nitrogen and oxygen atoms in total. The van der Waals surface area contributed by atoms with E-state index >= 15 is 0 Å². The van der Waals surface area contributed by atoms with Crippen LogP contribution in [0, 0.1) is 23.0 Å². The van der Waals surface area contributed by atoms with Gasteiger partial charge in [0.05, 0.1) is 11.5 Å². The second-order valence-electron chi connectivity index (χ2n) is 11.4. The van der Waals surface area contributed by atoms with Crippen LogP contribution in [0.1, 0.15) is 69.1 Å². The molecule has 1 saturated carbocycles. The molecule has 1 fully saturated rings. The number of aromatic nitrogens is 1. The molecule has 1 aliphatic carbocycles. The van der Waals surface area contributed by atoms with E-state index in [1.54, 1.807) is 19.2 Å². The van der Waals surface area contributed by atoms with Crippen LogP contribution in [0.5, 0.6) is 5.75 Å². The largest absolute Gasteiger partial charge is 0.488 e. The normalized spacial score (nSPS) is 15.1. The van der Waals surface area contributed by atoms with Crippen molar-refractivity contribution in [1.82, 2.24) is 4.57 Å². The first-order valence-corrected chi connectivity index (χ1v) is 15.4. The highest BCUT2D eigenvalue weighted by Crippen LogP contribution is 2.34. The quantitative estimate of drug-likeness (QED) is 0.0741. The molecule has 5 rings (SSSR count). The van der Waals surface area contributed by atoms with E-state index in [0.29, 0.717) is 23.3 Å². The molecule has 1 aliphatic rings. The molecular formula is C34H39N3O5S. The van der Waals surface area contributed by atoms with Gasteiger partial charge in [-0.05, 0) is 93.7 Å². The lowest BCUT2D eigenvalue weighted by Crippen LogP contribution is -2.18. The summed E-state index contributed by atoms with van der Waals surface area (Å²) < 4.78 is 13.4. The third-order valence-electron chi connectivity index (χ3n) is 8.26. The summed E-state index contributed by atoms with van der Waals surface area (Å²) in [6.07, 6.45) is 6.74. The summed E-state index contributed by atoms with van der Waals surface area (Å²) in [6, 6.07) is 17.1. The minimum absolute atomic E-state index is 0.0625. The highest BCUT2D eigenvalue weighted by atomic mass is 32.1. The minimum Gasteiger partial charge on any atom is -0.488 e. The number of nitro benzene ring substituents is 1. The van der Waals surface area contributed by atoms with Gasteiger partial charge in [0, 0.05) is 65.1 Å². The lowest BCUT2D eigenvalue weighted by Gasteiger charge is -2.20. The maximum absolute atomic E-state index is 11.6. The summed E-state index contributed by atoms with van der Waals surface area (Å²) in [7, 11) is 1.66. The van der Waals surface area contributed by atoms with Crippen molar-refractivity contribution in [3.8, 4) is 5.75 Å². The molecule has 43 heavy (non-hydrogen) atoms. The monoisotopic (exact) mass is 601 g/mol. The van der Waals surface area contributed by atoms with Gasteiger partial charge >= 0.3 is 0 Å². The molecule has 1 unspecified atom stereocenters. The van der Waals surface area contributed by atoms with E-state index in [1.165, 1.54) is 32.1 Å². The number of nitro groups is 1. The Morgan fingerprint density at radius 3 is 2.47 bits per heavy atom. The molecule has 0 bridgehead atoms. The maximum Gasteiger partial charge on any atom is 0.270 e. The van der Waals surface area contributed by atoms with Gasteiger partial charge in [-0.25, -0.2) is 0 Å². The summed E-state index contributed by atoms with van der Waals surface area (Å²) in [4.78, 5) is 17.2. The molecule has 1 aromatic heterocycles. The van der Waals surface area contributed by atoms with Gasteiger partial charge in [-0.2, -0.15) is 0 Å². The average Bonchev–Trinajstić information content (AvgIpc) is 3.31. The topological polar surface area (TPSA) is 88.1 Å². The third kappa shape index (κ3) is 6.89. The number of benzene rings is 3. The SMILES string of the molecule is CCn1c2ccc(/C(=N/OC(=S)CC3CCCCC3)c3ccc(OC(C)COC)cc3C)cc2c2cc([N+](=O)[O-])ccc21. The van der Waals surface area contributed by atoms with Gasteiger partial charge in [0.15, 0.2) is 5.05 Å². The molecule has 4 aromatic rings. The van der Waals surface area contributed by atoms with Crippen molar-refractivity contribution in [2.45, 2.75) is 71.9 Å². The van der Waals surface area contributed by atoms with E-state index in [0.717, 1.165) is 57.2 Å². The van der Waals surface area contributed by atoms with Gasteiger partial charge in [-0.1, -0.05) is 30.5 Å². The molecule has 0 saturated heterocycles. The minimum atomic E-state index is -0.354. The second-order valence-corrected chi connectivity index (χ2v) is 11.9. The Balaban J connectivity index is 1.57. The van der Waals surface area contributed by atoms with Crippen LogP contribution < -0.4 is 4.74 Å². The molecule has 1 atom stereocenters. The predicted molar refractivity (Wildman–Crippen MR) is 175 cm³/mol. The number of oxime groups is 1. The third-order valence-corrected chi connectivity index (χ3v) is 8.50. The summed E-state index contributed by atoms with van der Waals surface area (Å²) in [5, 5.41) is 18.5. The predicted octanol–water partition coefficient (Wildman–Crippen LogP) is 8.51. The van der Waals surface area contributed by atoms with Crippen LogP contribution in [0.25, 0.3) is 21.8 Å². The number of nitrogens with zero attached hydrogens (tertiary/aromatic N) is 3. The highest BCUT2D eigenvalue weighted by molar-refractivity contribution is 7.80. The van der Waals surface area contributed by atoms with Crippen LogP contribution in [0.4, 0.5) is 5.69 Å². The van der Waals surface area contributed by atoms with E-state index in [1.807, 2.05) is 50.2 Å². The molecule has 226 valence electrons. The van der Waals surface area contributed by atoms with Crippen LogP contribution in [0.15, 0.2) is 59.8 Å². The van der Waals surface area contributed by atoms with Gasteiger partial charge in [0.1, 0.15) is 17.6 Å². The van der Waals surface area contributed by atoms with Crippen LogP contribution in [-0.4, -0.2) is 40.1 Å². The van der Waals surface area contributed by atoms with Crippen LogP contribution in [-0.2, 0) is 16.1 Å². The maximum atomic E-state index is 11.6. The molecule has 3 aromatic carbocycles. The first-order valence-electron chi connectivity index (χ1n) is 15.0. The van der Waals surface area contributed by atoms with Crippen LogP contribution in [0.2, 0.25) is 0 Å². The molecule has 0 N–H and O–H groups in total. The first-order chi connectivity index (χ1) is 20.8. The van der Waals surface area contributed by atoms with Crippen LogP contribution in [0.3, 0.4) is 0 Å². The average molecular weight is 602 g/mol. The van der Waals surface area contributed by atoms with Gasteiger partial charge in [0.2, 0.25) is 0 Å². The molecule has 0 aliphatic heterocycles. The molecular weight excluding hydrogens is 562 g/mol. The standard InChI is InChI=1S/C34H39N3O5S/c1-5-36-31-15-11-25(19-29(31)30-20-26(37(38)39)12-16-32(30)36)34(35-42-33(43)18-24-9-7-6-8-10-24)28-14-13-27(17-22(28)2)41-23(3)21-40-4/h11-17,19-20,23-24H,5-10,18,21H2,1-4H3/b35-34-. The summed E-state index contributed by atoms with van der Waals surface area (Å²) in [6.45, 7) is 7.28. The smallest absolute Gasteiger partial charge is 0.270 e. The number of thiocarbonyl (C=S) groups is 1. The fourth-order valence-electron chi connectivity index (χ4n) is 6.19. The summed E-state index contributed by atoms with van der Waals surface area (Å²) in [5.41, 5.74) is 5.34. The van der Waals surface area contributed by atoms with Crippen molar-refractivity contribution < 1.29 is 19.2 Å². The fourth-order valence-corrected chi connectivity index (χ4v) is 6.46. The van der Waals surface area contributed by atoms with Crippen molar-refractivity contribution in [3.05, 3.63) is 81.4 Å². The van der Waals surface area contributed by atoms with Gasteiger partial charge < -0.3 is 18.9 Å². The molecule has 9 heteroatoms. The number of rotatable bonds is 11. The van der Waals surface area contributed by atoms with Crippen molar-refractivity contribution in [1.29, 1.82) is 0 Å². The van der Waals surface area contributed by atoms with Crippen molar-refractivity contribution >= 4 is 50.5 Å². The van der Waals surface area contributed by atoms with E-state index in [-0.39, 0.29) is 16.7 Å². The van der Waals surface area contributed by atoms with E-state index in [2.05, 4.69) is 22.7 Å². The number of ether oxygens (including phenoxy) is 2. The zero-order valence-corrected chi connectivity index (χ0v) is 26.1. The molecule has 0 spiro atoms. The number of fused-ring (bicyclic) bond motifs is 3. The van der Waals surface area contributed by atoms with Gasteiger partial charge in [-0.15, -0.1) is 0 Å². The first kappa shape index (κ1) is 30.6. The Bertz CT molecular complexity index is 1670. The lowest BCUT2D eigenvalue weighted by atomic mass is 9.87. The van der Waals surface area contributed by atoms with E-state index in [9.17, 15) is 10.1 Å². The Kier molecular flexibility index (Phi) is 9.72. The molecule has 0 amide bonds. The number of methoxy groups -OCH3 is 1. The number of hydrogen-bond donors (Lipinski definition) is 0. The van der Waals surface area contributed by atoms with Crippen molar-refractivity contribution in [2.75, 3.05) is 13.7 Å². The van der Waals surface area contributed by atoms with Gasteiger partial charge in [-0.3, -0.25) is 10.1 Å². The summed E-state index contributed by atoms with van der Waals surface area (Å²) in [5.74, 6) is 1.28. The van der Waals surface area contributed by atoms with Gasteiger partial charge in [0.25, 0.3) is 5.69 Å².